The SMILES string of the molecule is Fc1ccccc1CNc1nccc(Nc2cccc(Cl)c2Cl)n1. The van der Waals surface area contributed by atoms with E-state index in [9.17, 15) is 4.39 Å². The molecule has 0 spiro atoms. The first-order chi connectivity index (χ1) is 11.6. The lowest BCUT2D eigenvalue weighted by Crippen LogP contribution is -2.06. The standard InChI is InChI=1S/C17H13Cl2FN4/c18-12-5-3-7-14(16(12)19)23-15-8-9-21-17(24-15)22-10-11-4-1-2-6-13(11)20/h1-9H,10H2,(H2,21,22,23,24). The fraction of sp³-hybridized carbons (Fsp3) is 0.0588. The third-order valence-electron chi connectivity index (χ3n) is 3.26. The minimum absolute atomic E-state index is 0.273. The molecule has 3 rings (SSSR count). The average molecular weight is 363 g/mol. The number of aromatic nitrogens is 2. The van der Waals surface area contributed by atoms with Gasteiger partial charge in [-0.05, 0) is 24.3 Å². The van der Waals surface area contributed by atoms with Crippen LogP contribution in [-0.2, 0) is 6.54 Å². The third kappa shape index (κ3) is 3.93. The molecule has 3 aromatic rings. The second-order valence-corrected chi connectivity index (χ2v) is 5.72. The van der Waals surface area contributed by atoms with E-state index in [2.05, 4.69) is 20.6 Å². The molecule has 1 heterocycles. The van der Waals surface area contributed by atoms with Gasteiger partial charge in [-0.3, -0.25) is 0 Å². The summed E-state index contributed by atoms with van der Waals surface area (Å²) in [5, 5.41) is 6.94. The molecule has 0 aliphatic carbocycles. The van der Waals surface area contributed by atoms with Gasteiger partial charge in [0.05, 0.1) is 15.7 Å². The van der Waals surface area contributed by atoms with Gasteiger partial charge in [-0.25, -0.2) is 9.37 Å². The fourth-order valence-electron chi connectivity index (χ4n) is 2.07. The van der Waals surface area contributed by atoms with Gasteiger partial charge >= 0.3 is 0 Å². The zero-order valence-corrected chi connectivity index (χ0v) is 13.9. The van der Waals surface area contributed by atoms with Crippen LogP contribution in [0.25, 0.3) is 0 Å². The van der Waals surface area contributed by atoms with Crippen molar-refractivity contribution in [2.75, 3.05) is 10.6 Å². The Labute approximate surface area is 148 Å². The molecule has 24 heavy (non-hydrogen) atoms. The molecule has 0 aliphatic rings. The highest BCUT2D eigenvalue weighted by Gasteiger charge is 2.07. The molecule has 7 heteroatoms. The Balaban J connectivity index is 1.72. The molecule has 0 aliphatic heterocycles. The van der Waals surface area contributed by atoms with Gasteiger partial charge in [0.2, 0.25) is 5.95 Å². The topological polar surface area (TPSA) is 49.8 Å². The average Bonchev–Trinajstić information content (AvgIpc) is 2.59. The second kappa shape index (κ2) is 7.47. The highest BCUT2D eigenvalue weighted by molar-refractivity contribution is 6.43. The molecule has 0 atom stereocenters. The summed E-state index contributed by atoms with van der Waals surface area (Å²) in [6.45, 7) is 0.286. The van der Waals surface area contributed by atoms with Crippen LogP contribution in [0.1, 0.15) is 5.56 Å². The van der Waals surface area contributed by atoms with Crippen LogP contribution in [0.3, 0.4) is 0 Å². The van der Waals surface area contributed by atoms with Gasteiger partial charge in [-0.15, -0.1) is 0 Å². The Hall–Kier alpha value is -2.37. The molecule has 0 amide bonds. The van der Waals surface area contributed by atoms with E-state index in [4.69, 9.17) is 23.2 Å². The number of rotatable bonds is 5. The van der Waals surface area contributed by atoms with E-state index < -0.39 is 0 Å². The van der Waals surface area contributed by atoms with Crippen LogP contribution in [0, 0.1) is 5.82 Å². The molecule has 0 bridgehead atoms. The molecule has 122 valence electrons. The number of benzene rings is 2. The highest BCUT2D eigenvalue weighted by Crippen LogP contribution is 2.31. The molecular formula is C17H13Cl2FN4. The van der Waals surface area contributed by atoms with E-state index in [1.165, 1.54) is 6.07 Å². The summed E-state index contributed by atoms with van der Waals surface area (Å²) in [7, 11) is 0. The monoisotopic (exact) mass is 362 g/mol. The lowest BCUT2D eigenvalue weighted by molar-refractivity contribution is 0.612. The summed E-state index contributed by atoms with van der Waals surface area (Å²) in [6, 6.07) is 13.5. The van der Waals surface area contributed by atoms with Crippen molar-refractivity contribution in [3.8, 4) is 0 Å². The molecule has 0 radical (unpaired) electrons. The van der Waals surface area contributed by atoms with E-state index in [0.29, 0.717) is 33.1 Å². The summed E-state index contributed by atoms with van der Waals surface area (Å²) in [5.74, 6) is 0.650. The summed E-state index contributed by atoms with van der Waals surface area (Å²) < 4.78 is 13.6. The predicted octanol–water partition coefficient (Wildman–Crippen LogP) is 5.28. The zero-order valence-electron chi connectivity index (χ0n) is 12.4. The Morgan fingerprint density at radius 3 is 2.67 bits per heavy atom. The van der Waals surface area contributed by atoms with Gasteiger partial charge in [0, 0.05) is 18.3 Å². The van der Waals surface area contributed by atoms with Crippen LogP contribution >= 0.6 is 23.2 Å². The van der Waals surface area contributed by atoms with Crippen LogP contribution < -0.4 is 10.6 Å². The molecule has 2 N–H and O–H groups in total. The number of hydrogen-bond donors (Lipinski definition) is 2. The summed E-state index contributed by atoms with van der Waals surface area (Å²) in [5.41, 5.74) is 1.18. The maximum Gasteiger partial charge on any atom is 0.224 e. The van der Waals surface area contributed by atoms with E-state index in [-0.39, 0.29) is 12.4 Å². The molecule has 4 nitrogen and oxygen atoms in total. The van der Waals surface area contributed by atoms with Gasteiger partial charge in [0.15, 0.2) is 0 Å². The minimum atomic E-state index is -0.273. The van der Waals surface area contributed by atoms with E-state index >= 15 is 0 Å². The van der Waals surface area contributed by atoms with Crippen molar-refractivity contribution in [3.05, 3.63) is 76.2 Å². The van der Waals surface area contributed by atoms with Crippen LogP contribution in [-0.4, -0.2) is 9.97 Å². The van der Waals surface area contributed by atoms with Gasteiger partial charge in [0.1, 0.15) is 11.6 Å². The van der Waals surface area contributed by atoms with Crippen molar-refractivity contribution in [2.24, 2.45) is 0 Å². The smallest absolute Gasteiger partial charge is 0.224 e. The Morgan fingerprint density at radius 1 is 1.00 bits per heavy atom. The van der Waals surface area contributed by atoms with Crippen LogP contribution in [0.5, 0.6) is 0 Å². The van der Waals surface area contributed by atoms with Crippen molar-refractivity contribution < 1.29 is 4.39 Å². The largest absolute Gasteiger partial charge is 0.350 e. The van der Waals surface area contributed by atoms with Gasteiger partial charge < -0.3 is 10.6 Å². The van der Waals surface area contributed by atoms with E-state index in [1.807, 2.05) is 0 Å². The quantitative estimate of drug-likeness (QED) is 0.648. The van der Waals surface area contributed by atoms with E-state index in [0.717, 1.165) is 0 Å². The van der Waals surface area contributed by atoms with Gasteiger partial charge in [-0.1, -0.05) is 47.5 Å². The fourth-order valence-corrected chi connectivity index (χ4v) is 2.42. The minimum Gasteiger partial charge on any atom is -0.350 e. The normalized spacial score (nSPS) is 10.5. The van der Waals surface area contributed by atoms with Crippen molar-refractivity contribution in [1.29, 1.82) is 0 Å². The number of hydrogen-bond acceptors (Lipinski definition) is 4. The molecule has 2 aromatic carbocycles. The van der Waals surface area contributed by atoms with Gasteiger partial charge in [-0.2, -0.15) is 4.98 Å². The number of anilines is 3. The van der Waals surface area contributed by atoms with Gasteiger partial charge in [0.25, 0.3) is 0 Å². The first-order valence-electron chi connectivity index (χ1n) is 7.15. The van der Waals surface area contributed by atoms with Crippen molar-refractivity contribution in [3.63, 3.8) is 0 Å². The summed E-state index contributed by atoms with van der Waals surface area (Å²) in [4.78, 5) is 8.45. The van der Waals surface area contributed by atoms with Crippen LogP contribution in [0.2, 0.25) is 10.0 Å². The molecule has 0 fully saturated rings. The second-order valence-electron chi connectivity index (χ2n) is 4.94. The Morgan fingerprint density at radius 2 is 1.83 bits per heavy atom. The molecule has 0 saturated carbocycles. The number of nitrogens with one attached hydrogen (secondary N) is 2. The van der Waals surface area contributed by atoms with Crippen molar-refractivity contribution in [1.82, 2.24) is 9.97 Å². The summed E-state index contributed by atoms with van der Waals surface area (Å²) >= 11 is 12.1. The molecule has 0 unspecified atom stereocenters. The molecule has 1 aromatic heterocycles. The number of halogens is 3. The van der Waals surface area contributed by atoms with Crippen molar-refractivity contribution >= 4 is 40.7 Å². The molecular weight excluding hydrogens is 350 g/mol. The Bertz CT molecular complexity index is 857. The van der Waals surface area contributed by atoms with Crippen molar-refractivity contribution in [2.45, 2.75) is 6.54 Å². The lowest BCUT2D eigenvalue weighted by atomic mass is 10.2. The van der Waals surface area contributed by atoms with Crippen LogP contribution in [0.4, 0.5) is 21.8 Å². The lowest BCUT2D eigenvalue weighted by Gasteiger charge is -2.10. The zero-order chi connectivity index (χ0) is 16.9. The predicted molar refractivity (Wildman–Crippen MR) is 95.5 cm³/mol. The third-order valence-corrected chi connectivity index (χ3v) is 4.08. The molecule has 0 saturated heterocycles. The summed E-state index contributed by atoms with van der Waals surface area (Å²) in [6.07, 6.45) is 1.59. The van der Waals surface area contributed by atoms with Crippen LogP contribution in [0.15, 0.2) is 54.7 Å². The van der Waals surface area contributed by atoms with E-state index in [1.54, 1.807) is 48.7 Å². The first-order valence-corrected chi connectivity index (χ1v) is 7.90. The maximum atomic E-state index is 13.6. The first kappa shape index (κ1) is 16.5. The maximum absolute atomic E-state index is 13.6. The number of nitrogens with zero attached hydrogens (tertiary/aromatic N) is 2. The highest BCUT2D eigenvalue weighted by atomic mass is 35.5. The Kier molecular flexibility index (Phi) is 5.13.